The number of fused-ring (bicyclic) bond motifs is 2. The summed E-state index contributed by atoms with van der Waals surface area (Å²) in [5.41, 5.74) is 3.52. The Hall–Kier alpha value is -3.06. The van der Waals surface area contributed by atoms with E-state index in [-0.39, 0.29) is 12.6 Å². The number of aromatic amines is 1. The summed E-state index contributed by atoms with van der Waals surface area (Å²) < 4.78 is 1.88. The summed E-state index contributed by atoms with van der Waals surface area (Å²) in [7, 11) is 2.10. The number of hydrogen-bond donors (Lipinski definition) is 1. The summed E-state index contributed by atoms with van der Waals surface area (Å²) in [5, 5.41) is 1.00. The molecule has 28 heavy (non-hydrogen) atoms. The standard InChI is InChI=1S/C21H22N6O.H2/c1-21(5-8-26(2)9-6-21)19(28)17-11-24-18-12-23-16(13-27(17)18)15-10-25-20-14(15)4-3-7-22-20;/h3-4,7,10-13H,5-6,8-9H2,1-2H3,(H,22,25);1H. The van der Waals surface area contributed by atoms with Gasteiger partial charge in [-0.25, -0.2) is 9.97 Å². The Labute approximate surface area is 163 Å². The van der Waals surface area contributed by atoms with Gasteiger partial charge in [-0.05, 0) is 45.1 Å². The Balaban J connectivity index is 0.00000205. The third-order valence-electron chi connectivity index (χ3n) is 5.99. The van der Waals surface area contributed by atoms with Crippen LogP contribution in [0.15, 0.2) is 43.1 Å². The molecule has 144 valence electrons. The minimum Gasteiger partial charge on any atom is -0.345 e. The number of ketones is 1. The maximum atomic E-state index is 13.4. The SMILES string of the molecule is CN1CCC(C)(C(=O)c2cnc3cnc(-c4c[nH]c5ncccc45)cn23)CC1.[HH]. The zero-order valence-corrected chi connectivity index (χ0v) is 16.0. The third-order valence-corrected chi connectivity index (χ3v) is 5.99. The molecule has 1 aliphatic rings. The van der Waals surface area contributed by atoms with Gasteiger partial charge in [0.1, 0.15) is 11.3 Å². The molecular formula is C21H24N6O. The summed E-state index contributed by atoms with van der Waals surface area (Å²) in [6.45, 7) is 3.96. The molecule has 0 bridgehead atoms. The second-order valence-electron chi connectivity index (χ2n) is 7.94. The molecule has 5 rings (SSSR count). The van der Waals surface area contributed by atoms with E-state index in [4.69, 9.17) is 0 Å². The average molecular weight is 376 g/mol. The fourth-order valence-corrected chi connectivity index (χ4v) is 4.01. The Morgan fingerprint density at radius 2 is 2.04 bits per heavy atom. The van der Waals surface area contributed by atoms with Gasteiger partial charge in [0.15, 0.2) is 11.4 Å². The van der Waals surface area contributed by atoms with Gasteiger partial charge in [0, 0.05) is 36.4 Å². The maximum absolute atomic E-state index is 13.4. The van der Waals surface area contributed by atoms with Gasteiger partial charge in [0.05, 0.1) is 18.1 Å². The van der Waals surface area contributed by atoms with E-state index in [1.54, 1.807) is 18.6 Å². The Morgan fingerprint density at radius 3 is 2.86 bits per heavy atom. The van der Waals surface area contributed by atoms with Gasteiger partial charge in [0.2, 0.25) is 0 Å². The van der Waals surface area contributed by atoms with E-state index in [1.807, 2.05) is 28.9 Å². The molecule has 0 atom stereocenters. The van der Waals surface area contributed by atoms with E-state index >= 15 is 0 Å². The first-order valence-corrected chi connectivity index (χ1v) is 9.54. The van der Waals surface area contributed by atoms with Crippen molar-refractivity contribution in [3.63, 3.8) is 0 Å². The predicted octanol–water partition coefficient (Wildman–Crippen LogP) is 3.43. The molecular weight excluding hydrogens is 352 g/mol. The van der Waals surface area contributed by atoms with Crippen LogP contribution in [-0.4, -0.2) is 55.2 Å². The van der Waals surface area contributed by atoms with Crippen LogP contribution in [-0.2, 0) is 0 Å². The van der Waals surface area contributed by atoms with Gasteiger partial charge in [-0.15, -0.1) is 0 Å². The predicted molar refractivity (Wildman–Crippen MR) is 109 cm³/mol. The molecule has 5 heterocycles. The first kappa shape index (κ1) is 17.1. The lowest BCUT2D eigenvalue weighted by molar-refractivity contribution is 0.0672. The van der Waals surface area contributed by atoms with Crippen molar-refractivity contribution in [2.75, 3.05) is 20.1 Å². The van der Waals surface area contributed by atoms with Crippen molar-refractivity contribution in [3.8, 4) is 11.3 Å². The van der Waals surface area contributed by atoms with Crippen LogP contribution >= 0.6 is 0 Å². The van der Waals surface area contributed by atoms with Crippen LogP contribution < -0.4 is 0 Å². The second-order valence-corrected chi connectivity index (χ2v) is 7.94. The lowest BCUT2D eigenvalue weighted by Crippen LogP contribution is -2.41. The Bertz CT molecular complexity index is 1190. The fraction of sp³-hybridized carbons (Fsp3) is 0.333. The van der Waals surface area contributed by atoms with Gasteiger partial charge in [0.25, 0.3) is 0 Å². The minimum absolute atomic E-state index is 0. The zero-order valence-electron chi connectivity index (χ0n) is 16.0. The monoisotopic (exact) mass is 376 g/mol. The summed E-state index contributed by atoms with van der Waals surface area (Å²) >= 11 is 0. The first-order valence-electron chi connectivity index (χ1n) is 9.54. The number of piperidine rings is 1. The number of nitrogens with one attached hydrogen (secondary N) is 1. The normalized spacial score (nSPS) is 17.4. The van der Waals surface area contributed by atoms with Gasteiger partial charge in [-0.2, -0.15) is 0 Å². The van der Waals surface area contributed by atoms with E-state index in [2.05, 4.69) is 38.8 Å². The van der Waals surface area contributed by atoms with Crippen molar-refractivity contribution < 1.29 is 6.22 Å². The summed E-state index contributed by atoms with van der Waals surface area (Å²) in [6.07, 6.45) is 10.7. The van der Waals surface area contributed by atoms with Crippen LogP contribution in [0.5, 0.6) is 0 Å². The number of nitrogens with zero attached hydrogens (tertiary/aromatic N) is 5. The number of carbonyl (C=O) groups excluding carboxylic acids is 1. The highest BCUT2D eigenvalue weighted by Gasteiger charge is 2.38. The molecule has 7 nitrogen and oxygen atoms in total. The molecule has 7 heteroatoms. The zero-order chi connectivity index (χ0) is 19.3. The number of Topliss-reactive ketones (excluding diaryl/α,β-unsaturated/α-hetero) is 1. The quantitative estimate of drug-likeness (QED) is 0.554. The highest BCUT2D eigenvalue weighted by molar-refractivity contribution is 5.99. The van der Waals surface area contributed by atoms with Crippen molar-refractivity contribution in [1.82, 2.24) is 29.2 Å². The van der Waals surface area contributed by atoms with E-state index in [9.17, 15) is 4.79 Å². The van der Waals surface area contributed by atoms with E-state index in [0.29, 0.717) is 11.3 Å². The number of pyridine rings is 1. The highest BCUT2D eigenvalue weighted by Crippen LogP contribution is 2.34. The van der Waals surface area contributed by atoms with Crippen LogP contribution in [0, 0.1) is 5.41 Å². The Kier molecular flexibility index (Phi) is 3.80. The van der Waals surface area contributed by atoms with Gasteiger partial charge >= 0.3 is 0 Å². The van der Waals surface area contributed by atoms with E-state index in [1.165, 1.54) is 0 Å². The van der Waals surface area contributed by atoms with Gasteiger partial charge < -0.3 is 9.88 Å². The number of likely N-dealkylation sites (tertiary alicyclic amines) is 1. The van der Waals surface area contributed by atoms with Crippen LogP contribution in [0.4, 0.5) is 0 Å². The summed E-state index contributed by atoms with van der Waals surface area (Å²) in [6, 6.07) is 3.92. The molecule has 0 amide bonds. The number of H-pyrrole nitrogens is 1. The average Bonchev–Trinajstić information content (AvgIpc) is 3.33. The van der Waals surface area contributed by atoms with E-state index in [0.717, 1.165) is 48.2 Å². The molecule has 1 N–H and O–H groups in total. The number of carbonyl (C=O) groups is 1. The number of hydrogen-bond acceptors (Lipinski definition) is 5. The fourth-order valence-electron chi connectivity index (χ4n) is 4.01. The molecule has 0 unspecified atom stereocenters. The van der Waals surface area contributed by atoms with Crippen LogP contribution in [0.3, 0.4) is 0 Å². The molecule has 0 spiro atoms. The lowest BCUT2D eigenvalue weighted by Gasteiger charge is -2.36. The van der Waals surface area contributed by atoms with Crippen molar-refractivity contribution >= 4 is 22.5 Å². The molecule has 1 fully saturated rings. The first-order chi connectivity index (χ1) is 13.5. The molecule has 0 saturated carbocycles. The van der Waals surface area contributed by atoms with Crippen LogP contribution in [0.25, 0.3) is 27.9 Å². The second kappa shape index (κ2) is 6.24. The lowest BCUT2D eigenvalue weighted by atomic mass is 9.76. The summed E-state index contributed by atoms with van der Waals surface area (Å²) in [4.78, 5) is 32.2. The summed E-state index contributed by atoms with van der Waals surface area (Å²) in [5.74, 6) is 0.158. The smallest absolute Gasteiger partial charge is 0.187 e. The highest BCUT2D eigenvalue weighted by atomic mass is 16.1. The van der Waals surface area contributed by atoms with Crippen molar-refractivity contribution in [1.29, 1.82) is 0 Å². The molecule has 4 aromatic heterocycles. The topological polar surface area (TPSA) is 79.2 Å². The van der Waals surface area contributed by atoms with Gasteiger partial charge in [-0.1, -0.05) is 6.92 Å². The molecule has 1 aliphatic heterocycles. The number of imidazole rings is 1. The molecule has 1 saturated heterocycles. The third kappa shape index (κ3) is 2.62. The molecule has 0 aliphatic carbocycles. The van der Waals surface area contributed by atoms with Gasteiger partial charge in [-0.3, -0.25) is 14.2 Å². The van der Waals surface area contributed by atoms with Crippen molar-refractivity contribution in [3.05, 3.63) is 48.8 Å². The number of rotatable bonds is 3. The van der Waals surface area contributed by atoms with Crippen molar-refractivity contribution in [2.24, 2.45) is 5.41 Å². The molecule has 0 aromatic carbocycles. The maximum Gasteiger partial charge on any atom is 0.187 e. The minimum atomic E-state index is -0.351. The largest absolute Gasteiger partial charge is 0.345 e. The van der Waals surface area contributed by atoms with Crippen molar-refractivity contribution in [2.45, 2.75) is 19.8 Å². The van der Waals surface area contributed by atoms with Crippen LogP contribution in [0.2, 0.25) is 0 Å². The van der Waals surface area contributed by atoms with E-state index < -0.39 is 0 Å². The Morgan fingerprint density at radius 1 is 1.21 bits per heavy atom. The molecule has 0 radical (unpaired) electrons. The number of aromatic nitrogens is 5. The molecule has 4 aromatic rings. The van der Waals surface area contributed by atoms with Crippen LogP contribution in [0.1, 0.15) is 31.7 Å².